The lowest BCUT2D eigenvalue weighted by Crippen LogP contribution is -2.50. The molecule has 1 aliphatic carbocycles. The molecule has 4 nitrogen and oxygen atoms in total. The third-order valence-electron chi connectivity index (χ3n) is 4.07. The molecular formula is C17H34N2O2. The smallest absolute Gasteiger partial charge is 0.324 e. The second-order valence-electron chi connectivity index (χ2n) is 6.54. The Bertz CT molecular complexity index is 289. The Balaban J connectivity index is 2.66. The summed E-state index contributed by atoms with van der Waals surface area (Å²) in [4.78, 5) is 14.7. The largest absolute Gasteiger partial charge is 0.465 e. The lowest BCUT2D eigenvalue weighted by atomic mass is 10.1. The molecule has 0 aromatic heterocycles. The van der Waals surface area contributed by atoms with Crippen LogP contribution in [-0.2, 0) is 9.53 Å². The van der Waals surface area contributed by atoms with Crippen LogP contribution in [0.1, 0.15) is 59.8 Å². The Kier molecular flexibility index (Phi) is 8.93. The Morgan fingerprint density at radius 3 is 2.43 bits per heavy atom. The van der Waals surface area contributed by atoms with E-state index in [1.807, 2.05) is 6.92 Å². The molecule has 0 radical (unpaired) electrons. The summed E-state index contributed by atoms with van der Waals surface area (Å²) in [7, 11) is 0. The molecule has 1 atom stereocenters. The van der Waals surface area contributed by atoms with Crippen LogP contribution in [0.2, 0.25) is 0 Å². The second kappa shape index (κ2) is 10.2. The van der Waals surface area contributed by atoms with Crippen LogP contribution in [0.25, 0.3) is 0 Å². The Morgan fingerprint density at radius 2 is 1.90 bits per heavy atom. The zero-order valence-electron chi connectivity index (χ0n) is 14.4. The first-order valence-electron chi connectivity index (χ1n) is 8.72. The van der Waals surface area contributed by atoms with Crippen molar-refractivity contribution in [2.45, 2.75) is 71.9 Å². The van der Waals surface area contributed by atoms with Gasteiger partial charge >= 0.3 is 5.97 Å². The van der Waals surface area contributed by atoms with E-state index in [4.69, 9.17) is 4.74 Å². The van der Waals surface area contributed by atoms with Gasteiger partial charge in [-0.3, -0.25) is 9.69 Å². The van der Waals surface area contributed by atoms with Gasteiger partial charge in [0.15, 0.2) is 0 Å². The molecule has 0 amide bonds. The highest BCUT2D eigenvalue weighted by atomic mass is 16.5. The van der Waals surface area contributed by atoms with Crippen molar-refractivity contribution in [3.63, 3.8) is 0 Å². The molecule has 4 heteroatoms. The highest BCUT2D eigenvalue weighted by Crippen LogP contribution is 2.24. The summed E-state index contributed by atoms with van der Waals surface area (Å²) in [6.45, 7) is 11.7. The summed E-state index contributed by atoms with van der Waals surface area (Å²) in [5, 5.41) is 3.36. The number of ether oxygens (including phenoxy) is 1. The molecule has 1 N–H and O–H groups in total. The molecule has 1 unspecified atom stereocenters. The molecule has 0 saturated heterocycles. The first kappa shape index (κ1) is 18.4. The number of hydrogen-bond acceptors (Lipinski definition) is 4. The lowest BCUT2D eigenvalue weighted by molar-refractivity contribution is -0.146. The summed E-state index contributed by atoms with van der Waals surface area (Å²) in [5.74, 6) is 0.525. The molecule has 1 saturated carbocycles. The van der Waals surface area contributed by atoms with Gasteiger partial charge in [-0.1, -0.05) is 33.6 Å². The third kappa shape index (κ3) is 6.79. The van der Waals surface area contributed by atoms with Gasteiger partial charge < -0.3 is 10.1 Å². The predicted octanol–water partition coefficient (Wildman–Crippen LogP) is 2.82. The average molecular weight is 298 g/mol. The van der Waals surface area contributed by atoms with E-state index >= 15 is 0 Å². The number of nitrogens with zero attached hydrogens (tertiary/aromatic N) is 1. The van der Waals surface area contributed by atoms with Crippen molar-refractivity contribution in [2.24, 2.45) is 5.92 Å². The van der Waals surface area contributed by atoms with Crippen molar-refractivity contribution in [1.29, 1.82) is 0 Å². The normalized spacial score (nSPS) is 17.6. The van der Waals surface area contributed by atoms with Crippen LogP contribution in [0.5, 0.6) is 0 Å². The standard InChI is InChI=1S/C17H34N2O2/c1-5-11-18-16(17(20)21-6-2)13-19(12-14(3)4)15-9-7-8-10-15/h14-16,18H,5-13H2,1-4H3. The second-order valence-corrected chi connectivity index (χ2v) is 6.54. The van der Waals surface area contributed by atoms with Crippen LogP contribution in [0.3, 0.4) is 0 Å². The van der Waals surface area contributed by atoms with Gasteiger partial charge in [0.25, 0.3) is 0 Å². The van der Waals surface area contributed by atoms with Gasteiger partial charge in [0.2, 0.25) is 0 Å². The van der Waals surface area contributed by atoms with Crippen LogP contribution >= 0.6 is 0 Å². The molecule has 0 aliphatic heterocycles. The van der Waals surface area contributed by atoms with E-state index in [2.05, 4.69) is 31.0 Å². The molecule has 0 aromatic carbocycles. The predicted molar refractivity (Wildman–Crippen MR) is 87.4 cm³/mol. The highest BCUT2D eigenvalue weighted by Gasteiger charge is 2.28. The maximum Gasteiger partial charge on any atom is 0.324 e. The van der Waals surface area contributed by atoms with E-state index in [-0.39, 0.29) is 12.0 Å². The first-order valence-corrected chi connectivity index (χ1v) is 8.72. The molecule has 0 spiro atoms. The fraction of sp³-hybridized carbons (Fsp3) is 0.941. The summed E-state index contributed by atoms with van der Waals surface area (Å²) in [6, 6.07) is 0.456. The molecule has 0 aromatic rings. The van der Waals surface area contributed by atoms with Crippen molar-refractivity contribution < 1.29 is 9.53 Å². The van der Waals surface area contributed by atoms with Crippen LogP contribution < -0.4 is 5.32 Å². The molecule has 1 aliphatic rings. The number of carbonyl (C=O) groups is 1. The molecule has 1 fully saturated rings. The zero-order valence-corrected chi connectivity index (χ0v) is 14.4. The fourth-order valence-corrected chi connectivity index (χ4v) is 3.13. The molecule has 1 rings (SSSR count). The average Bonchev–Trinajstić information content (AvgIpc) is 2.96. The number of carbonyl (C=O) groups excluding carboxylic acids is 1. The summed E-state index contributed by atoms with van der Waals surface area (Å²) in [6.07, 6.45) is 6.23. The zero-order chi connectivity index (χ0) is 15.7. The monoisotopic (exact) mass is 298 g/mol. The van der Waals surface area contributed by atoms with E-state index in [1.54, 1.807) is 0 Å². The van der Waals surface area contributed by atoms with Gasteiger partial charge in [0.1, 0.15) is 6.04 Å². The maximum absolute atomic E-state index is 12.2. The van der Waals surface area contributed by atoms with Gasteiger partial charge in [0.05, 0.1) is 6.61 Å². The van der Waals surface area contributed by atoms with Gasteiger partial charge in [-0.2, -0.15) is 0 Å². The van der Waals surface area contributed by atoms with E-state index in [0.717, 1.165) is 26.1 Å². The van der Waals surface area contributed by atoms with E-state index in [0.29, 0.717) is 18.6 Å². The number of esters is 1. The van der Waals surface area contributed by atoms with E-state index in [9.17, 15) is 4.79 Å². The van der Waals surface area contributed by atoms with Crippen molar-refractivity contribution in [2.75, 3.05) is 26.2 Å². The molecule has 21 heavy (non-hydrogen) atoms. The molecule has 0 heterocycles. The lowest BCUT2D eigenvalue weighted by Gasteiger charge is -2.33. The fourth-order valence-electron chi connectivity index (χ4n) is 3.13. The quantitative estimate of drug-likeness (QED) is 0.630. The summed E-state index contributed by atoms with van der Waals surface area (Å²) < 4.78 is 5.24. The topological polar surface area (TPSA) is 41.6 Å². The van der Waals surface area contributed by atoms with Gasteiger partial charge in [-0.05, 0) is 38.6 Å². The number of hydrogen-bond donors (Lipinski definition) is 1. The molecule has 0 bridgehead atoms. The van der Waals surface area contributed by atoms with Crippen molar-refractivity contribution in [3.8, 4) is 0 Å². The summed E-state index contributed by atoms with van der Waals surface area (Å²) in [5.41, 5.74) is 0. The van der Waals surface area contributed by atoms with Crippen LogP contribution in [-0.4, -0.2) is 49.2 Å². The highest BCUT2D eigenvalue weighted by molar-refractivity contribution is 5.76. The van der Waals surface area contributed by atoms with Crippen LogP contribution in [0.4, 0.5) is 0 Å². The number of nitrogens with one attached hydrogen (secondary N) is 1. The minimum Gasteiger partial charge on any atom is -0.465 e. The Hall–Kier alpha value is -0.610. The molecular weight excluding hydrogens is 264 g/mol. The minimum atomic E-state index is -0.191. The van der Waals surface area contributed by atoms with Crippen molar-refractivity contribution >= 4 is 5.97 Å². The van der Waals surface area contributed by atoms with E-state index < -0.39 is 0 Å². The molecule has 124 valence electrons. The summed E-state index contributed by atoms with van der Waals surface area (Å²) >= 11 is 0. The van der Waals surface area contributed by atoms with Gasteiger partial charge in [0, 0.05) is 19.1 Å². The van der Waals surface area contributed by atoms with Crippen LogP contribution in [0, 0.1) is 5.92 Å². The Labute approximate surface area is 130 Å². The van der Waals surface area contributed by atoms with Gasteiger partial charge in [-0.15, -0.1) is 0 Å². The van der Waals surface area contributed by atoms with E-state index in [1.165, 1.54) is 25.7 Å². The third-order valence-corrected chi connectivity index (χ3v) is 4.07. The van der Waals surface area contributed by atoms with Crippen molar-refractivity contribution in [1.82, 2.24) is 10.2 Å². The maximum atomic E-state index is 12.2. The SMILES string of the molecule is CCCNC(CN(CC(C)C)C1CCCC1)C(=O)OCC. The Morgan fingerprint density at radius 1 is 1.24 bits per heavy atom. The first-order chi connectivity index (χ1) is 10.1. The minimum absolute atomic E-state index is 0.0993. The number of rotatable bonds is 10. The van der Waals surface area contributed by atoms with Gasteiger partial charge in [-0.25, -0.2) is 0 Å². The van der Waals surface area contributed by atoms with Crippen LogP contribution in [0.15, 0.2) is 0 Å². The van der Waals surface area contributed by atoms with Crippen molar-refractivity contribution in [3.05, 3.63) is 0 Å².